The molecule has 0 amide bonds. The van der Waals surface area contributed by atoms with E-state index >= 15 is 0 Å². The molecule has 0 heterocycles. The molecule has 0 bridgehead atoms. The van der Waals surface area contributed by atoms with Crippen molar-refractivity contribution in [3.63, 3.8) is 0 Å². The minimum atomic E-state index is -0.702. The van der Waals surface area contributed by atoms with Crippen molar-refractivity contribution < 1.29 is 9.90 Å². The van der Waals surface area contributed by atoms with Crippen LogP contribution >= 0.6 is 0 Å². The van der Waals surface area contributed by atoms with Gasteiger partial charge < -0.3 is 5.11 Å². The summed E-state index contributed by atoms with van der Waals surface area (Å²) < 4.78 is 0. The van der Waals surface area contributed by atoms with Gasteiger partial charge >= 0.3 is 5.97 Å². The molecule has 0 aliphatic rings. The smallest absolute Gasteiger partial charge is 0.303 e. The SMILES string of the molecule is C=CC/C=C\C/C=C\C/C=C\CCCCC(=O)O. The van der Waals surface area contributed by atoms with Crippen molar-refractivity contribution in [1.29, 1.82) is 0 Å². The van der Waals surface area contributed by atoms with Gasteiger partial charge in [-0.15, -0.1) is 6.58 Å². The van der Waals surface area contributed by atoms with E-state index in [4.69, 9.17) is 5.11 Å². The van der Waals surface area contributed by atoms with Crippen molar-refractivity contribution in [1.82, 2.24) is 0 Å². The Labute approximate surface area is 110 Å². The Kier molecular flexibility index (Phi) is 12.3. The normalized spacial score (nSPS) is 11.8. The Bertz CT molecular complexity index is 298. The number of hydrogen-bond donors (Lipinski definition) is 1. The lowest BCUT2D eigenvalue weighted by Crippen LogP contribution is -1.92. The fraction of sp³-hybridized carbons (Fsp3) is 0.438. The standard InChI is InChI=1S/C16H24O2/c1-2-3-4-5-6-7-8-9-10-11-12-13-14-15-16(17)18/h2,4-5,7-8,10-11H,1,3,6,9,12-15H2,(H,17,18)/b5-4-,8-7-,11-10-. The fourth-order valence-electron chi connectivity index (χ4n) is 1.39. The molecule has 0 rings (SSSR count). The first-order valence-electron chi connectivity index (χ1n) is 6.55. The molecule has 0 fully saturated rings. The van der Waals surface area contributed by atoms with E-state index in [9.17, 15) is 4.79 Å². The fourth-order valence-corrected chi connectivity index (χ4v) is 1.39. The molecule has 0 saturated carbocycles. The third-order valence-corrected chi connectivity index (χ3v) is 2.36. The molecule has 2 heteroatoms. The van der Waals surface area contributed by atoms with Gasteiger partial charge in [0.15, 0.2) is 0 Å². The van der Waals surface area contributed by atoms with Crippen LogP contribution in [-0.2, 0) is 4.79 Å². The largest absolute Gasteiger partial charge is 0.481 e. The maximum atomic E-state index is 10.3. The zero-order valence-corrected chi connectivity index (χ0v) is 11.1. The number of aliphatic carboxylic acids is 1. The van der Waals surface area contributed by atoms with Gasteiger partial charge in [-0.05, 0) is 38.5 Å². The van der Waals surface area contributed by atoms with Gasteiger partial charge in [0.2, 0.25) is 0 Å². The highest BCUT2D eigenvalue weighted by molar-refractivity contribution is 5.66. The summed E-state index contributed by atoms with van der Waals surface area (Å²) in [6.07, 6.45) is 20.5. The van der Waals surface area contributed by atoms with Crippen LogP contribution in [0.3, 0.4) is 0 Å². The number of hydrogen-bond acceptors (Lipinski definition) is 1. The topological polar surface area (TPSA) is 37.3 Å². The summed E-state index contributed by atoms with van der Waals surface area (Å²) in [6.45, 7) is 3.65. The van der Waals surface area contributed by atoms with E-state index in [0.717, 1.165) is 38.5 Å². The molecule has 0 radical (unpaired) electrons. The van der Waals surface area contributed by atoms with Crippen LogP contribution in [0.1, 0.15) is 44.9 Å². The number of carboxylic acid groups (broad SMARTS) is 1. The summed E-state index contributed by atoms with van der Waals surface area (Å²) in [5, 5.41) is 8.45. The van der Waals surface area contributed by atoms with Crippen molar-refractivity contribution in [2.24, 2.45) is 0 Å². The quantitative estimate of drug-likeness (QED) is 0.426. The Balaban J connectivity index is 3.34. The molecule has 0 unspecified atom stereocenters. The van der Waals surface area contributed by atoms with Gasteiger partial charge in [-0.25, -0.2) is 0 Å². The van der Waals surface area contributed by atoms with Crippen LogP contribution in [0.2, 0.25) is 0 Å². The maximum absolute atomic E-state index is 10.3. The van der Waals surface area contributed by atoms with Gasteiger partial charge in [-0.3, -0.25) is 4.79 Å². The summed E-state index contributed by atoms with van der Waals surface area (Å²) in [7, 11) is 0. The van der Waals surface area contributed by atoms with Crippen LogP contribution in [0, 0.1) is 0 Å². The summed E-state index contributed by atoms with van der Waals surface area (Å²) in [5.41, 5.74) is 0. The zero-order valence-electron chi connectivity index (χ0n) is 11.1. The monoisotopic (exact) mass is 248 g/mol. The van der Waals surface area contributed by atoms with E-state index in [2.05, 4.69) is 43.0 Å². The minimum absolute atomic E-state index is 0.283. The molecule has 0 aliphatic heterocycles. The van der Waals surface area contributed by atoms with E-state index in [-0.39, 0.29) is 6.42 Å². The van der Waals surface area contributed by atoms with Crippen LogP contribution in [0.4, 0.5) is 0 Å². The van der Waals surface area contributed by atoms with E-state index in [1.54, 1.807) is 0 Å². The molecule has 0 aliphatic carbocycles. The molecule has 0 aromatic carbocycles. The summed E-state index contributed by atoms with van der Waals surface area (Å²) >= 11 is 0. The first-order chi connectivity index (χ1) is 8.77. The second-order valence-corrected chi connectivity index (χ2v) is 4.05. The molecule has 100 valence electrons. The number of carbonyl (C=O) groups is 1. The number of carboxylic acids is 1. The lowest BCUT2D eigenvalue weighted by Gasteiger charge is -1.92. The van der Waals surface area contributed by atoms with Crippen LogP contribution in [-0.4, -0.2) is 11.1 Å². The van der Waals surface area contributed by atoms with Gasteiger partial charge in [0.1, 0.15) is 0 Å². The van der Waals surface area contributed by atoms with Gasteiger partial charge in [0.25, 0.3) is 0 Å². The first-order valence-corrected chi connectivity index (χ1v) is 6.55. The molecular formula is C16H24O2. The lowest BCUT2D eigenvalue weighted by molar-refractivity contribution is -0.137. The van der Waals surface area contributed by atoms with E-state index in [1.807, 2.05) is 6.08 Å². The highest BCUT2D eigenvalue weighted by Crippen LogP contribution is 2.01. The van der Waals surface area contributed by atoms with Crippen LogP contribution < -0.4 is 0 Å². The molecule has 0 aromatic rings. The third-order valence-electron chi connectivity index (χ3n) is 2.36. The van der Waals surface area contributed by atoms with Crippen LogP contribution in [0.15, 0.2) is 49.1 Å². The van der Waals surface area contributed by atoms with Gasteiger partial charge in [-0.2, -0.15) is 0 Å². The predicted octanol–water partition coefficient (Wildman–Crippen LogP) is 4.66. The number of allylic oxidation sites excluding steroid dienone is 7. The Hall–Kier alpha value is -1.57. The van der Waals surface area contributed by atoms with Crippen LogP contribution in [0.5, 0.6) is 0 Å². The van der Waals surface area contributed by atoms with E-state index in [0.29, 0.717) is 0 Å². The third kappa shape index (κ3) is 14.4. The first kappa shape index (κ1) is 16.4. The highest BCUT2D eigenvalue weighted by Gasteiger charge is 1.93. The maximum Gasteiger partial charge on any atom is 0.303 e. The molecule has 0 atom stereocenters. The summed E-state index contributed by atoms with van der Waals surface area (Å²) in [4.78, 5) is 10.3. The minimum Gasteiger partial charge on any atom is -0.481 e. The number of unbranched alkanes of at least 4 members (excludes halogenated alkanes) is 2. The second-order valence-electron chi connectivity index (χ2n) is 4.05. The van der Waals surface area contributed by atoms with Crippen molar-refractivity contribution in [2.45, 2.75) is 44.9 Å². The van der Waals surface area contributed by atoms with Gasteiger partial charge in [-0.1, -0.05) is 42.5 Å². The highest BCUT2D eigenvalue weighted by atomic mass is 16.4. The average Bonchev–Trinajstić information content (AvgIpc) is 2.34. The summed E-state index contributed by atoms with van der Waals surface area (Å²) in [6, 6.07) is 0. The molecule has 0 saturated heterocycles. The van der Waals surface area contributed by atoms with Gasteiger partial charge in [0, 0.05) is 6.42 Å². The second kappa shape index (κ2) is 13.5. The van der Waals surface area contributed by atoms with E-state index < -0.39 is 5.97 Å². The molecule has 0 aromatic heterocycles. The van der Waals surface area contributed by atoms with E-state index in [1.165, 1.54) is 0 Å². The molecule has 1 N–H and O–H groups in total. The molecule has 18 heavy (non-hydrogen) atoms. The van der Waals surface area contributed by atoms with Crippen molar-refractivity contribution in [3.05, 3.63) is 49.1 Å². The summed E-state index contributed by atoms with van der Waals surface area (Å²) in [5.74, 6) is -0.702. The molecule has 2 nitrogen and oxygen atoms in total. The number of rotatable bonds is 11. The van der Waals surface area contributed by atoms with Gasteiger partial charge in [0.05, 0.1) is 0 Å². The van der Waals surface area contributed by atoms with Crippen LogP contribution in [0.25, 0.3) is 0 Å². The zero-order chi connectivity index (χ0) is 13.5. The average molecular weight is 248 g/mol. The van der Waals surface area contributed by atoms with Crippen molar-refractivity contribution in [3.8, 4) is 0 Å². The van der Waals surface area contributed by atoms with Crippen molar-refractivity contribution in [2.75, 3.05) is 0 Å². The lowest BCUT2D eigenvalue weighted by atomic mass is 10.2. The molecule has 0 spiro atoms. The Morgan fingerprint density at radius 2 is 1.44 bits per heavy atom. The predicted molar refractivity (Wildman–Crippen MR) is 77.6 cm³/mol. The molecular weight excluding hydrogens is 224 g/mol. The Morgan fingerprint density at radius 3 is 2.00 bits per heavy atom. The Morgan fingerprint density at radius 1 is 0.889 bits per heavy atom. The van der Waals surface area contributed by atoms with Crippen molar-refractivity contribution >= 4 is 5.97 Å².